The number of aldehydes is 1. The Bertz CT molecular complexity index is 1840. The molecule has 3 aromatic carbocycles. The summed E-state index contributed by atoms with van der Waals surface area (Å²) >= 11 is 0. The van der Waals surface area contributed by atoms with Crippen molar-refractivity contribution in [3.63, 3.8) is 0 Å². The maximum atomic E-state index is 15.4. The van der Waals surface area contributed by atoms with Crippen LogP contribution >= 0.6 is 0 Å². The zero-order chi connectivity index (χ0) is 32.1. The van der Waals surface area contributed by atoms with Gasteiger partial charge in [-0.25, -0.2) is 26.7 Å². The summed E-state index contributed by atoms with van der Waals surface area (Å²) in [7, 11) is -0.160. The van der Waals surface area contributed by atoms with Gasteiger partial charge in [-0.3, -0.25) is 0 Å². The fraction of sp³-hybridized carbons (Fsp3) is 0.273. The van der Waals surface area contributed by atoms with Gasteiger partial charge in [0.2, 0.25) is 0 Å². The van der Waals surface area contributed by atoms with Crippen molar-refractivity contribution in [3.05, 3.63) is 101 Å². The molecule has 45 heavy (non-hydrogen) atoms. The molecule has 0 aliphatic carbocycles. The number of benzene rings is 3. The molecule has 2 atom stereocenters. The highest BCUT2D eigenvalue weighted by Gasteiger charge is 2.26. The number of aromatic amines is 2. The number of fused-ring (bicyclic) bond motifs is 1. The number of nitrogens with zero attached hydrogens (tertiary/aromatic N) is 2. The van der Waals surface area contributed by atoms with Crippen LogP contribution in [0.5, 0.6) is 11.5 Å². The number of aromatic nitrogens is 3. The summed E-state index contributed by atoms with van der Waals surface area (Å²) in [5, 5.41) is 7.75. The zero-order valence-electron chi connectivity index (χ0n) is 24.8. The number of carbonyl (C=O) groups is 1. The monoisotopic (exact) mass is 638 g/mol. The van der Waals surface area contributed by atoms with Crippen molar-refractivity contribution < 1.29 is 32.0 Å². The van der Waals surface area contributed by atoms with E-state index in [0.29, 0.717) is 46.6 Å². The van der Waals surface area contributed by atoms with Crippen LogP contribution in [0, 0.1) is 17.5 Å². The van der Waals surface area contributed by atoms with Crippen molar-refractivity contribution in [2.45, 2.75) is 38.6 Å². The largest absolute Gasteiger partial charge is 0.454 e. The minimum Gasteiger partial charge on any atom is -0.454 e. The third-order valence-electron chi connectivity index (χ3n) is 7.80. The lowest BCUT2D eigenvalue weighted by molar-refractivity contribution is -0.107. The van der Waals surface area contributed by atoms with E-state index >= 15 is 13.2 Å². The lowest BCUT2D eigenvalue weighted by Gasteiger charge is -2.19. The number of hydrogen-bond acceptors (Lipinski definition) is 5. The number of aliphatic hydroxyl groups excluding tert-OH is 1. The second-order valence-corrected chi connectivity index (χ2v) is 12.1. The number of imidazole rings is 1. The standard InChI is InChI=1S/C32H29F3N4O3S.CH4O/c1-19(22-7-2-5-20(30(22)35)6-3-13-40)29-17-37-32(38-29)24-15-21(8-9-26(24)33)42-31-25(18-39-12-4-14-43(39)41)23-10-11-36-28(23)16-27(31)34;1-2/h2,5,7-11,13,15-17,19,36H,3-4,6,12,14,18H2,1H3,(H,37,38);2H,1H3. The summed E-state index contributed by atoms with van der Waals surface area (Å²) in [6.45, 7) is 2.67. The van der Waals surface area contributed by atoms with Crippen LogP contribution in [0.4, 0.5) is 13.2 Å². The van der Waals surface area contributed by atoms with Gasteiger partial charge in [-0.2, -0.15) is 0 Å². The Morgan fingerprint density at radius 3 is 2.71 bits per heavy atom. The molecule has 1 aliphatic heterocycles. The van der Waals surface area contributed by atoms with E-state index in [4.69, 9.17) is 9.84 Å². The first kappa shape index (κ1) is 32.1. The number of halogens is 3. The molecule has 0 spiro atoms. The lowest BCUT2D eigenvalue weighted by Crippen LogP contribution is -2.20. The summed E-state index contributed by atoms with van der Waals surface area (Å²) in [6.07, 6.45) is 5.31. The van der Waals surface area contributed by atoms with Gasteiger partial charge in [-0.15, -0.1) is 0 Å². The van der Waals surface area contributed by atoms with Crippen molar-refractivity contribution >= 4 is 28.2 Å². The Balaban J connectivity index is 0.00000196. The molecule has 0 saturated carbocycles. The van der Waals surface area contributed by atoms with Gasteiger partial charge < -0.3 is 24.6 Å². The minimum atomic E-state index is -1.16. The lowest BCUT2D eigenvalue weighted by atomic mass is 9.94. The van der Waals surface area contributed by atoms with Gasteiger partial charge in [-0.05, 0) is 48.2 Å². The van der Waals surface area contributed by atoms with Crippen LogP contribution in [0.25, 0.3) is 22.3 Å². The molecule has 0 bridgehead atoms. The number of aryl methyl sites for hydroxylation is 1. The van der Waals surface area contributed by atoms with Gasteiger partial charge >= 0.3 is 0 Å². The van der Waals surface area contributed by atoms with Crippen LogP contribution in [-0.2, 0) is 28.7 Å². The number of ether oxygens (including phenoxy) is 1. The third-order valence-corrected chi connectivity index (χ3v) is 9.32. The Morgan fingerprint density at radius 1 is 1.13 bits per heavy atom. The molecule has 2 aromatic heterocycles. The summed E-state index contributed by atoms with van der Waals surface area (Å²) < 4.78 is 66.0. The Labute approximate surface area is 260 Å². The van der Waals surface area contributed by atoms with Crippen LogP contribution in [0.3, 0.4) is 0 Å². The molecule has 8 nitrogen and oxygen atoms in total. The molecule has 12 heteroatoms. The first-order chi connectivity index (χ1) is 21.8. The molecule has 1 aliphatic rings. The summed E-state index contributed by atoms with van der Waals surface area (Å²) in [4.78, 5) is 21.2. The van der Waals surface area contributed by atoms with Crippen LogP contribution in [0.15, 0.2) is 60.9 Å². The van der Waals surface area contributed by atoms with Crippen LogP contribution in [-0.4, -0.2) is 54.3 Å². The van der Waals surface area contributed by atoms with Crippen LogP contribution < -0.4 is 4.74 Å². The summed E-state index contributed by atoms with van der Waals surface area (Å²) in [5.41, 5.74) is 2.68. The molecule has 3 N–H and O–H groups in total. The molecular weight excluding hydrogens is 605 g/mol. The zero-order valence-corrected chi connectivity index (χ0v) is 25.6. The molecule has 5 aromatic rings. The normalized spacial score (nSPS) is 15.6. The van der Waals surface area contributed by atoms with Crippen molar-refractivity contribution in [1.29, 1.82) is 0 Å². The second kappa shape index (κ2) is 14.2. The number of carbonyl (C=O) groups excluding carboxylic acids is 1. The molecule has 2 unspecified atom stereocenters. The number of rotatable bonds is 10. The molecule has 1 fully saturated rings. The van der Waals surface area contributed by atoms with Gasteiger partial charge in [0.05, 0.1) is 16.5 Å². The minimum absolute atomic E-state index is 0.0211. The predicted octanol–water partition coefficient (Wildman–Crippen LogP) is 6.53. The van der Waals surface area contributed by atoms with E-state index in [0.717, 1.165) is 25.2 Å². The molecule has 0 radical (unpaired) electrons. The molecule has 6 rings (SSSR count). The summed E-state index contributed by atoms with van der Waals surface area (Å²) in [5.74, 6) is -1.06. The topological polar surface area (TPSA) is 111 Å². The maximum absolute atomic E-state index is 15.4. The number of aliphatic hydroxyl groups is 1. The highest BCUT2D eigenvalue weighted by Crippen LogP contribution is 2.38. The average molecular weight is 639 g/mol. The van der Waals surface area contributed by atoms with Crippen molar-refractivity contribution in [3.8, 4) is 22.9 Å². The van der Waals surface area contributed by atoms with E-state index in [-0.39, 0.29) is 41.7 Å². The van der Waals surface area contributed by atoms with E-state index in [1.54, 1.807) is 28.7 Å². The van der Waals surface area contributed by atoms with Gasteiger partial charge in [0.15, 0.2) is 11.6 Å². The first-order valence-electron chi connectivity index (χ1n) is 14.4. The van der Waals surface area contributed by atoms with E-state index in [2.05, 4.69) is 15.0 Å². The van der Waals surface area contributed by atoms with Gasteiger partial charge in [0, 0.05) is 78.9 Å². The SMILES string of the molecule is CC(c1cnc(-c2cc(Oc3c(F)cc4[nH]ccc4c3CN3CCCS3=O)ccc2F)[nH]1)c1cccc(CCC=O)c1F.CO. The highest BCUT2D eigenvalue weighted by molar-refractivity contribution is 7.82. The molecule has 1 saturated heterocycles. The molecular formula is C33H33F3N4O4S. The third kappa shape index (κ3) is 6.73. The smallest absolute Gasteiger partial charge is 0.168 e. The molecule has 3 heterocycles. The highest BCUT2D eigenvalue weighted by atomic mass is 32.2. The van der Waals surface area contributed by atoms with Crippen LogP contribution in [0.2, 0.25) is 0 Å². The molecule has 236 valence electrons. The van der Waals surface area contributed by atoms with E-state index in [9.17, 15) is 9.00 Å². The molecule has 0 amide bonds. The number of hydrogen-bond donors (Lipinski definition) is 3. The van der Waals surface area contributed by atoms with Crippen molar-refractivity contribution in [2.75, 3.05) is 19.4 Å². The Hall–Kier alpha value is -4.26. The Morgan fingerprint density at radius 2 is 1.96 bits per heavy atom. The quantitative estimate of drug-likeness (QED) is 0.151. The van der Waals surface area contributed by atoms with Crippen molar-refractivity contribution in [2.24, 2.45) is 0 Å². The average Bonchev–Trinajstić information content (AvgIpc) is 3.82. The van der Waals surface area contributed by atoms with E-state index in [1.165, 1.54) is 30.5 Å². The number of nitrogens with one attached hydrogen (secondary N) is 2. The van der Waals surface area contributed by atoms with Gasteiger partial charge in [-0.1, -0.05) is 25.1 Å². The maximum Gasteiger partial charge on any atom is 0.168 e. The van der Waals surface area contributed by atoms with Gasteiger partial charge in [0.1, 0.15) is 29.5 Å². The fourth-order valence-electron chi connectivity index (χ4n) is 5.48. The number of H-pyrrole nitrogens is 2. The van der Waals surface area contributed by atoms with Crippen LogP contribution in [0.1, 0.15) is 48.1 Å². The van der Waals surface area contributed by atoms with Crippen molar-refractivity contribution in [1.82, 2.24) is 19.3 Å². The Kier molecular flexibility index (Phi) is 10.2. The fourth-order valence-corrected chi connectivity index (χ4v) is 6.72. The van der Waals surface area contributed by atoms with Gasteiger partial charge in [0.25, 0.3) is 0 Å². The second-order valence-electron chi connectivity index (χ2n) is 10.5. The van der Waals surface area contributed by atoms with E-state index in [1.807, 2.05) is 13.0 Å². The predicted molar refractivity (Wildman–Crippen MR) is 167 cm³/mol. The van der Waals surface area contributed by atoms with E-state index < -0.39 is 28.5 Å². The summed E-state index contributed by atoms with van der Waals surface area (Å²) in [6, 6.07) is 12.3. The first-order valence-corrected chi connectivity index (χ1v) is 15.7.